The minimum Gasteiger partial charge on any atom is -0.493 e. The van der Waals surface area contributed by atoms with Crippen LogP contribution in [0.25, 0.3) is 6.08 Å². The fraction of sp³-hybridized carbons (Fsp3) is 0.115. The quantitative estimate of drug-likeness (QED) is 0.233. The van der Waals surface area contributed by atoms with Gasteiger partial charge in [0, 0.05) is 16.1 Å². The highest BCUT2D eigenvalue weighted by Crippen LogP contribution is 2.35. The number of hydrogen-bond acceptors (Lipinski definition) is 6. The van der Waals surface area contributed by atoms with Crippen LogP contribution in [-0.4, -0.2) is 35.5 Å². The van der Waals surface area contributed by atoms with Crippen LogP contribution in [0.15, 0.2) is 65.6 Å². The standard InChI is InChI=1S/C26H18Cl2FNO5S/c1-34-22-10-5-15(11-23(22)35-14-18-19(28)3-2-4-20(18)29)12-24-25(32)30(26(33)36-24)13-21(31)16-6-8-17(27)9-7-16/h2-12H,13-14H2,1H3/b24-12+. The third-order valence-electron chi connectivity index (χ3n) is 5.26. The summed E-state index contributed by atoms with van der Waals surface area (Å²) in [6.45, 7) is -0.529. The molecule has 0 bridgehead atoms. The van der Waals surface area contributed by atoms with Crippen LogP contribution in [-0.2, 0) is 11.4 Å². The van der Waals surface area contributed by atoms with Gasteiger partial charge in [-0.2, -0.15) is 0 Å². The third-order valence-corrected chi connectivity index (χ3v) is 6.77. The van der Waals surface area contributed by atoms with Crippen LogP contribution in [0.4, 0.5) is 9.18 Å². The number of methoxy groups -OCH3 is 1. The molecule has 6 nitrogen and oxygen atoms in total. The van der Waals surface area contributed by atoms with Gasteiger partial charge in [0.2, 0.25) is 0 Å². The first-order chi connectivity index (χ1) is 17.3. The number of halogens is 3. The predicted octanol–water partition coefficient (Wildman–Crippen LogP) is 6.64. The van der Waals surface area contributed by atoms with Gasteiger partial charge in [-0.3, -0.25) is 19.3 Å². The molecule has 0 saturated carbocycles. The van der Waals surface area contributed by atoms with E-state index in [1.165, 1.54) is 37.5 Å². The van der Waals surface area contributed by atoms with E-state index in [0.717, 1.165) is 16.7 Å². The average Bonchev–Trinajstić information content (AvgIpc) is 3.11. The Kier molecular flexibility index (Phi) is 7.98. The molecule has 1 fully saturated rings. The molecule has 0 unspecified atom stereocenters. The minimum atomic E-state index is -0.580. The van der Waals surface area contributed by atoms with Crippen LogP contribution in [0.5, 0.6) is 11.5 Å². The summed E-state index contributed by atoms with van der Waals surface area (Å²) in [5.74, 6) is -0.783. The first-order valence-electron chi connectivity index (χ1n) is 10.5. The van der Waals surface area contributed by atoms with Crippen LogP contribution >= 0.6 is 35.0 Å². The van der Waals surface area contributed by atoms with Crippen molar-refractivity contribution < 1.29 is 28.2 Å². The van der Waals surface area contributed by atoms with Crippen molar-refractivity contribution in [1.82, 2.24) is 4.90 Å². The number of benzene rings is 3. The van der Waals surface area contributed by atoms with Gasteiger partial charge in [-0.25, -0.2) is 4.39 Å². The number of amides is 2. The van der Waals surface area contributed by atoms with Gasteiger partial charge in [-0.05, 0) is 71.9 Å². The lowest BCUT2D eigenvalue weighted by Gasteiger charge is -2.13. The summed E-state index contributed by atoms with van der Waals surface area (Å²) in [6.07, 6.45) is 1.51. The van der Waals surface area contributed by atoms with E-state index in [1.54, 1.807) is 36.4 Å². The third kappa shape index (κ3) is 5.73. The molecule has 10 heteroatoms. The molecule has 1 saturated heterocycles. The molecule has 3 aromatic carbocycles. The second kappa shape index (κ2) is 11.2. The molecule has 0 atom stereocenters. The zero-order chi connectivity index (χ0) is 25.8. The van der Waals surface area contributed by atoms with E-state index in [2.05, 4.69) is 0 Å². The monoisotopic (exact) mass is 545 g/mol. The van der Waals surface area contributed by atoms with Crippen LogP contribution < -0.4 is 9.47 Å². The molecule has 3 aromatic rings. The van der Waals surface area contributed by atoms with Crippen LogP contribution in [0, 0.1) is 5.82 Å². The smallest absolute Gasteiger partial charge is 0.293 e. The molecule has 184 valence electrons. The molecule has 0 aromatic heterocycles. The number of thioether (sulfide) groups is 1. The second-order valence-electron chi connectivity index (χ2n) is 7.60. The topological polar surface area (TPSA) is 72.9 Å². The fourth-order valence-corrected chi connectivity index (χ4v) is 4.56. The Morgan fingerprint density at radius 1 is 1.06 bits per heavy atom. The lowest BCUT2D eigenvalue weighted by molar-refractivity contribution is -0.122. The number of ketones is 1. The van der Waals surface area contributed by atoms with E-state index in [9.17, 15) is 18.8 Å². The number of ether oxygens (including phenoxy) is 2. The summed E-state index contributed by atoms with van der Waals surface area (Å²) < 4.78 is 25.2. The van der Waals surface area contributed by atoms with Gasteiger partial charge in [0.05, 0.1) is 23.6 Å². The summed E-state index contributed by atoms with van der Waals surface area (Å²) in [4.78, 5) is 38.9. The molecule has 36 heavy (non-hydrogen) atoms. The van der Waals surface area contributed by atoms with Crippen LogP contribution in [0.3, 0.4) is 0 Å². The van der Waals surface area contributed by atoms with Crippen LogP contribution in [0.2, 0.25) is 10.0 Å². The van der Waals surface area contributed by atoms with Gasteiger partial charge in [0.25, 0.3) is 11.1 Å². The van der Waals surface area contributed by atoms with Crippen molar-refractivity contribution in [3.8, 4) is 11.5 Å². The minimum absolute atomic E-state index is 0.144. The van der Waals surface area contributed by atoms with Crippen molar-refractivity contribution >= 4 is 58.0 Å². The maximum atomic E-state index is 14.1. The van der Waals surface area contributed by atoms with Gasteiger partial charge < -0.3 is 9.47 Å². The molecule has 0 radical (unpaired) electrons. The average molecular weight is 546 g/mol. The SMILES string of the molecule is COc1ccc(/C=C2/SC(=O)N(CC(=O)c3ccc(Cl)cc3)C2=O)cc1OCc1c(F)cccc1Cl. The predicted molar refractivity (Wildman–Crippen MR) is 137 cm³/mol. The van der Waals surface area contributed by atoms with Crippen molar-refractivity contribution in [2.24, 2.45) is 0 Å². The van der Waals surface area contributed by atoms with Crippen molar-refractivity contribution in [2.45, 2.75) is 6.61 Å². The van der Waals surface area contributed by atoms with E-state index in [-0.39, 0.29) is 34.4 Å². The van der Waals surface area contributed by atoms with E-state index in [0.29, 0.717) is 27.6 Å². The molecule has 0 N–H and O–H groups in total. The Bertz CT molecular complexity index is 1360. The summed E-state index contributed by atoms with van der Waals surface area (Å²) in [6, 6.07) is 15.4. The highest BCUT2D eigenvalue weighted by atomic mass is 35.5. The Morgan fingerprint density at radius 2 is 1.81 bits per heavy atom. The van der Waals surface area contributed by atoms with Crippen molar-refractivity contribution in [3.05, 3.63) is 98.1 Å². The molecule has 4 rings (SSSR count). The van der Waals surface area contributed by atoms with E-state index in [1.807, 2.05) is 0 Å². The summed E-state index contributed by atoms with van der Waals surface area (Å²) in [5.41, 5.74) is 1.08. The first kappa shape index (κ1) is 25.8. The zero-order valence-electron chi connectivity index (χ0n) is 18.8. The van der Waals surface area contributed by atoms with Gasteiger partial charge in [-0.1, -0.05) is 35.3 Å². The maximum absolute atomic E-state index is 14.1. The second-order valence-corrected chi connectivity index (χ2v) is 9.43. The first-order valence-corrected chi connectivity index (χ1v) is 12.1. The molecular formula is C26H18Cl2FNO5S. The number of rotatable bonds is 8. The van der Waals surface area contributed by atoms with Gasteiger partial charge in [0.15, 0.2) is 17.3 Å². The number of hydrogen-bond donors (Lipinski definition) is 0. The lowest BCUT2D eigenvalue weighted by Crippen LogP contribution is -2.33. The number of imide groups is 1. The summed E-state index contributed by atoms with van der Waals surface area (Å²) >= 11 is 12.6. The molecule has 1 aliphatic heterocycles. The van der Waals surface area contributed by atoms with Crippen molar-refractivity contribution in [1.29, 1.82) is 0 Å². The number of carbonyl (C=O) groups excluding carboxylic acids is 3. The number of carbonyl (C=O) groups is 3. The van der Waals surface area contributed by atoms with Crippen molar-refractivity contribution in [3.63, 3.8) is 0 Å². The molecule has 0 spiro atoms. The largest absolute Gasteiger partial charge is 0.493 e. The molecule has 2 amide bonds. The Hall–Kier alpha value is -3.33. The van der Waals surface area contributed by atoms with Crippen molar-refractivity contribution in [2.75, 3.05) is 13.7 Å². The summed E-state index contributed by atoms with van der Waals surface area (Å²) in [7, 11) is 1.46. The van der Waals surface area contributed by atoms with Gasteiger partial charge >= 0.3 is 0 Å². The Labute approximate surface area is 220 Å². The highest BCUT2D eigenvalue weighted by Gasteiger charge is 2.36. The van der Waals surface area contributed by atoms with Gasteiger partial charge in [0.1, 0.15) is 12.4 Å². The number of Topliss-reactive ketones (excluding diaryl/α,β-unsaturated/α-hetero) is 1. The van der Waals surface area contributed by atoms with Gasteiger partial charge in [-0.15, -0.1) is 0 Å². The maximum Gasteiger partial charge on any atom is 0.293 e. The van der Waals surface area contributed by atoms with E-state index in [4.69, 9.17) is 32.7 Å². The van der Waals surface area contributed by atoms with Crippen LogP contribution in [0.1, 0.15) is 21.5 Å². The highest BCUT2D eigenvalue weighted by molar-refractivity contribution is 8.18. The Morgan fingerprint density at radius 3 is 2.50 bits per heavy atom. The summed E-state index contributed by atoms with van der Waals surface area (Å²) in [5, 5.41) is 0.153. The van der Waals surface area contributed by atoms with E-state index < -0.39 is 17.0 Å². The molecule has 1 heterocycles. The number of nitrogens with zero attached hydrogens (tertiary/aromatic N) is 1. The molecular weight excluding hydrogens is 528 g/mol. The lowest BCUT2D eigenvalue weighted by atomic mass is 10.1. The Balaban J connectivity index is 1.51. The fourth-order valence-electron chi connectivity index (χ4n) is 3.37. The molecule has 0 aliphatic carbocycles. The zero-order valence-corrected chi connectivity index (χ0v) is 21.1. The van der Waals surface area contributed by atoms with E-state index >= 15 is 0 Å². The normalized spacial score (nSPS) is 14.4. The molecule has 1 aliphatic rings.